The standard InChI is InChI=1S/C12H20OS/c1-3-4-5-6-7-11(13)12-9-8-10(2)14-12/h8-9,11,13H,3-7H2,1-2H3. The first-order chi connectivity index (χ1) is 6.74. The van der Waals surface area contributed by atoms with Gasteiger partial charge in [0.15, 0.2) is 0 Å². The van der Waals surface area contributed by atoms with Crippen molar-refractivity contribution in [1.82, 2.24) is 0 Å². The van der Waals surface area contributed by atoms with Gasteiger partial charge >= 0.3 is 0 Å². The van der Waals surface area contributed by atoms with Gasteiger partial charge in [0, 0.05) is 9.75 Å². The van der Waals surface area contributed by atoms with Crippen molar-refractivity contribution in [3.05, 3.63) is 21.9 Å². The molecule has 1 unspecified atom stereocenters. The second-order valence-electron chi connectivity index (χ2n) is 3.81. The van der Waals surface area contributed by atoms with Gasteiger partial charge in [0.05, 0.1) is 6.10 Å². The molecule has 1 aromatic rings. The van der Waals surface area contributed by atoms with Crippen LogP contribution in [0.3, 0.4) is 0 Å². The molecule has 1 nitrogen and oxygen atoms in total. The number of rotatable bonds is 6. The van der Waals surface area contributed by atoms with Crippen LogP contribution in [0.1, 0.15) is 54.9 Å². The van der Waals surface area contributed by atoms with E-state index in [4.69, 9.17) is 0 Å². The summed E-state index contributed by atoms with van der Waals surface area (Å²) in [6.45, 7) is 4.29. The minimum Gasteiger partial charge on any atom is -0.388 e. The lowest BCUT2D eigenvalue weighted by molar-refractivity contribution is 0.167. The number of aryl methyl sites for hydroxylation is 1. The van der Waals surface area contributed by atoms with Gasteiger partial charge in [-0.05, 0) is 25.5 Å². The Balaban J connectivity index is 2.25. The van der Waals surface area contributed by atoms with Gasteiger partial charge in [0.2, 0.25) is 0 Å². The zero-order valence-corrected chi connectivity index (χ0v) is 9.94. The maximum Gasteiger partial charge on any atom is 0.0882 e. The quantitative estimate of drug-likeness (QED) is 0.705. The zero-order chi connectivity index (χ0) is 10.4. The topological polar surface area (TPSA) is 20.2 Å². The molecule has 0 aliphatic carbocycles. The van der Waals surface area contributed by atoms with Gasteiger partial charge in [-0.15, -0.1) is 11.3 Å². The molecule has 0 radical (unpaired) electrons. The summed E-state index contributed by atoms with van der Waals surface area (Å²) in [7, 11) is 0. The highest BCUT2D eigenvalue weighted by Gasteiger charge is 2.08. The Morgan fingerprint density at radius 1 is 1.29 bits per heavy atom. The van der Waals surface area contributed by atoms with Crippen molar-refractivity contribution in [3.8, 4) is 0 Å². The third-order valence-electron chi connectivity index (χ3n) is 2.42. The van der Waals surface area contributed by atoms with Crippen LogP contribution < -0.4 is 0 Å². The third-order valence-corrected chi connectivity index (χ3v) is 3.52. The Bertz CT molecular complexity index is 255. The first-order valence-corrected chi connectivity index (χ1v) is 6.30. The van der Waals surface area contributed by atoms with E-state index in [0.717, 1.165) is 17.7 Å². The molecule has 1 heterocycles. The van der Waals surface area contributed by atoms with Crippen molar-refractivity contribution in [2.24, 2.45) is 0 Å². The van der Waals surface area contributed by atoms with Crippen LogP contribution in [0.2, 0.25) is 0 Å². The summed E-state index contributed by atoms with van der Waals surface area (Å²) in [6.07, 6.45) is 5.62. The maximum absolute atomic E-state index is 9.84. The number of aliphatic hydroxyl groups excluding tert-OH is 1. The first-order valence-electron chi connectivity index (χ1n) is 5.48. The number of aliphatic hydroxyl groups is 1. The first kappa shape index (κ1) is 11.7. The highest BCUT2D eigenvalue weighted by atomic mass is 32.1. The second kappa shape index (κ2) is 6.20. The van der Waals surface area contributed by atoms with E-state index < -0.39 is 0 Å². The molecular formula is C12H20OS. The molecule has 0 aliphatic rings. The van der Waals surface area contributed by atoms with Gasteiger partial charge in [0.25, 0.3) is 0 Å². The van der Waals surface area contributed by atoms with Crippen LogP contribution in [0, 0.1) is 6.92 Å². The number of hydrogen-bond donors (Lipinski definition) is 1. The van der Waals surface area contributed by atoms with Crippen LogP contribution in [0.5, 0.6) is 0 Å². The fraction of sp³-hybridized carbons (Fsp3) is 0.667. The van der Waals surface area contributed by atoms with Crippen molar-refractivity contribution in [2.75, 3.05) is 0 Å². The summed E-state index contributed by atoms with van der Waals surface area (Å²) in [5, 5.41) is 9.84. The largest absolute Gasteiger partial charge is 0.388 e. The molecule has 1 atom stereocenters. The molecule has 0 saturated heterocycles. The third kappa shape index (κ3) is 3.81. The molecule has 14 heavy (non-hydrogen) atoms. The van der Waals surface area contributed by atoms with Gasteiger partial charge in [0.1, 0.15) is 0 Å². The van der Waals surface area contributed by atoms with E-state index in [9.17, 15) is 5.11 Å². The molecule has 0 fully saturated rings. The van der Waals surface area contributed by atoms with E-state index in [-0.39, 0.29) is 6.10 Å². The molecule has 0 bridgehead atoms. The maximum atomic E-state index is 9.84. The lowest BCUT2D eigenvalue weighted by Crippen LogP contribution is -1.93. The molecule has 1 rings (SSSR count). The summed E-state index contributed by atoms with van der Waals surface area (Å²) in [5.41, 5.74) is 0. The van der Waals surface area contributed by atoms with Crippen LogP contribution in [-0.4, -0.2) is 5.11 Å². The van der Waals surface area contributed by atoms with Crippen LogP contribution >= 0.6 is 11.3 Å². The molecule has 0 spiro atoms. The molecule has 0 amide bonds. The average molecular weight is 212 g/mol. The Kier molecular flexibility index (Phi) is 5.20. The van der Waals surface area contributed by atoms with Crippen LogP contribution in [0.25, 0.3) is 0 Å². The minimum atomic E-state index is -0.231. The van der Waals surface area contributed by atoms with Crippen molar-refractivity contribution in [3.63, 3.8) is 0 Å². The Labute approximate surface area is 90.8 Å². The van der Waals surface area contributed by atoms with Gasteiger partial charge in [-0.1, -0.05) is 32.6 Å². The van der Waals surface area contributed by atoms with Crippen molar-refractivity contribution in [1.29, 1.82) is 0 Å². The van der Waals surface area contributed by atoms with Crippen LogP contribution in [-0.2, 0) is 0 Å². The number of thiophene rings is 1. The summed E-state index contributed by atoms with van der Waals surface area (Å²) < 4.78 is 0. The number of unbranched alkanes of at least 4 members (excludes halogenated alkanes) is 3. The summed E-state index contributed by atoms with van der Waals surface area (Å²) in [5.74, 6) is 0. The highest BCUT2D eigenvalue weighted by molar-refractivity contribution is 7.11. The normalized spacial score (nSPS) is 13.1. The van der Waals surface area contributed by atoms with Crippen molar-refractivity contribution >= 4 is 11.3 Å². The van der Waals surface area contributed by atoms with Crippen molar-refractivity contribution in [2.45, 2.75) is 52.1 Å². The lowest BCUT2D eigenvalue weighted by atomic mass is 10.1. The van der Waals surface area contributed by atoms with Crippen LogP contribution in [0.4, 0.5) is 0 Å². The second-order valence-corrected chi connectivity index (χ2v) is 5.13. The van der Waals surface area contributed by atoms with Gasteiger partial charge in [-0.25, -0.2) is 0 Å². The molecule has 1 aromatic heterocycles. The predicted molar refractivity (Wildman–Crippen MR) is 62.8 cm³/mol. The predicted octanol–water partition coefficient (Wildman–Crippen LogP) is 4.06. The fourth-order valence-electron chi connectivity index (χ4n) is 1.54. The molecule has 1 N–H and O–H groups in total. The molecule has 0 aromatic carbocycles. The molecule has 80 valence electrons. The SMILES string of the molecule is CCCCCCC(O)c1ccc(C)s1. The summed E-state index contributed by atoms with van der Waals surface area (Å²) >= 11 is 1.71. The fourth-order valence-corrected chi connectivity index (χ4v) is 2.44. The molecular weight excluding hydrogens is 192 g/mol. The smallest absolute Gasteiger partial charge is 0.0882 e. The summed E-state index contributed by atoms with van der Waals surface area (Å²) in [6, 6.07) is 4.12. The van der Waals surface area contributed by atoms with Crippen LogP contribution in [0.15, 0.2) is 12.1 Å². The van der Waals surface area contributed by atoms with Gasteiger partial charge in [-0.2, -0.15) is 0 Å². The highest BCUT2D eigenvalue weighted by Crippen LogP contribution is 2.26. The van der Waals surface area contributed by atoms with E-state index in [1.807, 2.05) is 6.07 Å². The minimum absolute atomic E-state index is 0.231. The number of hydrogen-bond acceptors (Lipinski definition) is 2. The van der Waals surface area contributed by atoms with E-state index in [1.165, 1.54) is 24.1 Å². The monoisotopic (exact) mass is 212 g/mol. The van der Waals surface area contributed by atoms with Gasteiger partial charge < -0.3 is 5.11 Å². The van der Waals surface area contributed by atoms with E-state index in [1.54, 1.807) is 11.3 Å². The van der Waals surface area contributed by atoms with E-state index >= 15 is 0 Å². The average Bonchev–Trinajstić information content (AvgIpc) is 2.59. The molecule has 0 aliphatic heterocycles. The lowest BCUT2D eigenvalue weighted by Gasteiger charge is -2.07. The molecule has 2 heteroatoms. The Hall–Kier alpha value is -0.340. The Morgan fingerprint density at radius 3 is 2.64 bits per heavy atom. The van der Waals surface area contributed by atoms with Crippen molar-refractivity contribution < 1.29 is 5.11 Å². The summed E-state index contributed by atoms with van der Waals surface area (Å²) in [4.78, 5) is 2.41. The zero-order valence-electron chi connectivity index (χ0n) is 9.12. The molecule has 0 saturated carbocycles. The van der Waals surface area contributed by atoms with E-state index in [0.29, 0.717) is 0 Å². The van der Waals surface area contributed by atoms with E-state index in [2.05, 4.69) is 19.9 Å². The Morgan fingerprint density at radius 2 is 2.07 bits per heavy atom. The van der Waals surface area contributed by atoms with Gasteiger partial charge in [-0.3, -0.25) is 0 Å².